The van der Waals surface area contributed by atoms with E-state index in [0.717, 1.165) is 10.8 Å². The lowest BCUT2D eigenvalue weighted by Crippen LogP contribution is -2.14. The first-order valence-corrected chi connectivity index (χ1v) is 10.7. The van der Waals surface area contributed by atoms with Gasteiger partial charge in [-0.25, -0.2) is 8.42 Å². The minimum Gasteiger partial charge on any atom is -0.497 e. The summed E-state index contributed by atoms with van der Waals surface area (Å²) in [4.78, 5) is 0.155. The fourth-order valence-corrected chi connectivity index (χ4v) is 4.12. The van der Waals surface area contributed by atoms with Crippen LogP contribution >= 0.6 is 0 Å². The van der Waals surface area contributed by atoms with E-state index < -0.39 is 10.0 Å². The van der Waals surface area contributed by atoms with Crippen LogP contribution < -0.4 is 19.9 Å². The van der Waals surface area contributed by atoms with Crippen LogP contribution in [0.1, 0.15) is 0 Å². The number of nitrogen functional groups attached to an aromatic ring is 1. The van der Waals surface area contributed by atoms with Gasteiger partial charge in [0.2, 0.25) is 0 Å². The number of benzene rings is 4. The first-order valence-electron chi connectivity index (χ1n) is 9.18. The summed E-state index contributed by atoms with van der Waals surface area (Å²) in [6.07, 6.45) is 0. The van der Waals surface area contributed by atoms with Gasteiger partial charge >= 0.3 is 0 Å². The molecule has 7 heteroatoms. The number of sulfonamides is 1. The van der Waals surface area contributed by atoms with Crippen molar-refractivity contribution < 1.29 is 17.9 Å². The van der Waals surface area contributed by atoms with E-state index in [1.807, 2.05) is 24.3 Å². The molecule has 30 heavy (non-hydrogen) atoms. The van der Waals surface area contributed by atoms with Gasteiger partial charge in [-0.3, -0.25) is 4.72 Å². The Labute approximate surface area is 174 Å². The average Bonchev–Trinajstić information content (AvgIpc) is 2.76. The molecular formula is C23H20N2O4S. The second-order valence-electron chi connectivity index (χ2n) is 6.64. The topological polar surface area (TPSA) is 90.7 Å². The average molecular weight is 420 g/mol. The molecule has 0 radical (unpaired) electrons. The smallest absolute Gasteiger partial charge is 0.261 e. The van der Waals surface area contributed by atoms with Crippen LogP contribution in [0.3, 0.4) is 0 Å². The van der Waals surface area contributed by atoms with Crippen molar-refractivity contribution in [3.8, 4) is 17.2 Å². The van der Waals surface area contributed by atoms with Crippen molar-refractivity contribution in [3.05, 3.63) is 84.9 Å². The molecule has 4 aromatic rings. The monoisotopic (exact) mass is 420 g/mol. The Hall–Kier alpha value is -3.71. The summed E-state index contributed by atoms with van der Waals surface area (Å²) in [5.74, 6) is 1.75. The lowest BCUT2D eigenvalue weighted by molar-refractivity contribution is 0.413. The lowest BCUT2D eigenvalue weighted by atomic mass is 10.1. The highest BCUT2D eigenvalue weighted by Gasteiger charge is 2.17. The van der Waals surface area contributed by atoms with Crippen LogP contribution in [0.25, 0.3) is 10.8 Å². The van der Waals surface area contributed by atoms with Gasteiger partial charge in [0.25, 0.3) is 10.0 Å². The Kier molecular flexibility index (Phi) is 5.20. The Balaban J connectivity index is 1.60. The molecule has 0 bridgehead atoms. The van der Waals surface area contributed by atoms with Crippen LogP contribution in [-0.4, -0.2) is 15.5 Å². The lowest BCUT2D eigenvalue weighted by Gasteiger charge is -2.13. The molecule has 4 rings (SSSR count). The summed E-state index contributed by atoms with van der Waals surface area (Å²) in [5.41, 5.74) is 6.54. The molecule has 152 valence electrons. The Morgan fingerprint density at radius 3 is 2.17 bits per heavy atom. The Bertz CT molecular complexity index is 1300. The van der Waals surface area contributed by atoms with Crippen LogP contribution in [0.2, 0.25) is 0 Å². The van der Waals surface area contributed by atoms with Gasteiger partial charge in [0.1, 0.15) is 17.2 Å². The van der Waals surface area contributed by atoms with Gasteiger partial charge in [0.15, 0.2) is 0 Å². The third kappa shape index (κ3) is 4.16. The maximum Gasteiger partial charge on any atom is 0.261 e. The van der Waals surface area contributed by atoms with E-state index in [0.29, 0.717) is 22.9 Å². The minimum absolute atomic E-state index is 0.155. The number of hydrogen-bond acceptors (Lipinski definition) is 5. The third-order valence-electron chi connectivity index (χ3n) is 4.60. The second kappa shape index (κ2) is 7.96. The van der Waals surface area contributed by atoms with Gasteiger partial charge in [-0.15, -0.1) is 0 Å². The van der Waals surface area contributed by atoms with E-state index in [-0.39, 0.29) is 10.6 Å². The van der Waals surface area contributed by atoms with Gasteiger partial charge in [-0.05, 0) is 59.3 Å². The zero-order chi connectivity index (χ0) is 21.1. The molecule has 0 fully saturated rings. The van der Waals surface area contributed by atoms with Crippen molar-refractivity contribution in [1.82, 2.24) is 0 Å². The SMILES string of the molecule is COc1ccc(Oc2ccc(N)c(NS(=O)(=O)c3ccc4ccccc4c3)c2)cc1. The van der Waals surface area contributed by atoms with Crippen molar-refractivity contribution in [3.63, 3.8) is 0 Å². The summed E-state index contributed by atoms with van der Waals surface area (Å²) in [7, 11) is -2.24. The number of nitrogens with two attached hydrogens (primary N) is 1. The van der Waals surface area contributed by atoms with E-state index in [1.54, 1.807) is 67.8 Å². The number of ether oxygens (including phenoxy) is 2. The van der Waals surface area contributed by atoms with E-state index in [2.05, 4.69) is 4.72 Å². The highest BCUT2D eigenvalue weighted by molar-refractivity contribution is 7.92. The summed E-state index contributed by atoms with van der Waals surface area (Å²) in [6.45, 7) is 0. The Morgan fingerprint density at radius 2 is 1.43 bits per heavy atom. The number of rotatable bonds is 6. The molecule has 4 aromatic carbocycles. The first kappa shape index (κ1) is 19.6. The van der Waals surface area contributed by atoms with Gasteiger partial charge in [-0.1, -0.05) is 30.3 Å². The van der Waals surface area contributed by atoms with E-state index in [4.69, 9.17) is 15.2 Å². The van der Waals surface area contributed by atoms with E-state index in [1.165, 1.54) is 0 Å². The number of hydrogen-bond donors (Lipinski definition) is 2. The van der Waals surface area contributed by atoms with Crippen molar-refractivity contribution in [1.29, 1.82) is 0 Å². The zero-order valence-corrected chi connectivity index (χ0v) is 17.0. The molecule has 0 saturated heterocycles. The molecular weight excluding hydrogens is 400 g/mol. The molecule has 0 saturated carbocycles. The van der Waals surface area contributed by atoms with Gasteiger partial charge in [-0.2, -0.15) is 0 Å². The number of nitrogens with one attached hydrogen (secondary N) is 1. The van der Waals surface area contributed by atoms with Gasteiger partial charge < -0.3 is 15.2 Å². The molecule has 0 aliphatic carbocycles. The van der Waals surface area contributed by atoms with Crippen LogP contribution in [0.5, 0.6) is 17.2 Å². The largest absolute Gasteiger partial charge is 0.497 e. The summed E-state index contributed by atoms with van der Waals surface area (Å²) < 4.78 is 39.3. The minimum atomic E-state index is -3.83. The quantitative estimate of drug-likeness (QED) is 0.427. The summed E-state index contributed by atoms with van der Waals surface area (Å²) >= 11 is 0. The normalized spacial score (nSPS) is 11.2. The zero-order valence-electron chi connectivity index (χ0n) is 16.2. The maximum absolute atomic E-state index is 12.9. The summed E-state index contributed by atoms with van der Waals surface area (Å²) in [5, 5.41) is 1.80. The number of fused-ring (bicyclic) bond motifs is 1. The molecule has 0 unspecified atom stereocenters. The van der Waals surface area contributed by atoms with Gasteiger partial charge in [0, 0.05) is 6.07 Å². The molecule has 6 nitrogen and oxygen atoms in total. The standard InChI is InChI=1S/C23H20N2O4S/c1-28-18-7-9-19(10-8-18)29-20-11-13-22(24)23(15-20)25-30(26,27)21-12-6-16-4-2-3-5-17(16)14-21/h2-15,25H,24H2,1H3. The van der Waals surface area contributed by atoms with E-state index >= 15 is 0 Å². The maximum atomic E-state index is 12.9. The van der Waals surface area contributed by atoms with Crippen molar-refractivity contribution in [2.24, 2.45) is 0 Å². The van der Waals surface area contributed by atoms with Crippen molar-refractivity contribution >= 4 is 32.2 Å². The highest BCUT2D eigenvalue weighted by Crippen LogP contribution is 2.31. The Morgan fingerprint density at radius 1 is 0.767 bits per heavy atom. The van der Waals surface area contributed by atoms with Crippen LogP contribution in [0.15, 0.2) is 89.8 Å². The fourth-order valence-electron chi connectivity index (χ4n) is 3.01. The molecule has 0 aliphatic rings. The predicted octanol–water partition coefficient (Wildman–Crippen LogP) is 5.02. The van der Waals surface area contributed by atoms with Crippen LogP contribution in [0, 0.1) is 0 Å². The second-order valence-corrected chi connectivity index (χ2v) is 8.32. The fraction of sp³-hybridized carbons (Fsp3) is 0.0435. The molecule has 0 heterocycles. The third-order valence-corrected chi connectivity index (χ3v) is 5.96. The van der Waals surface area contributed by atoms with Crippen molar-refractivity contribution in [2.75, 3.05) is 17.6 Å². The van der Waals surface area contributed by atoms with Crippen molar-refractivity contribution in [2.45, 2.75) is 4.90 Å². The highest BCUT2D eigenvalue weighted by atomic mass is 32.2. The molecule has 0 aromatic heterocycles. The van der Waals surface area contributed by atoms with Crippen LogP contribution in [-0.2, 0) is 10.0 Å². The summed E-state index contributed by atoms with van der Waals surface area (Å²) in [6, 6.07) is 24.4. The molecule has 0 amide bonds. The molecule has 0 atom stereocenters. The predicted molar refractivity (Wildman–Crippen MR) is 119 cm³/mol. The molecule has 0 spiro atoms. The number of methoxy groups -OCH3 is 1. The van der Waals surface area contributed by atoms with Gasteiger partial charge in [0.05, 0.1) is 23.4 Å². The van der Waals surface area contributed by atoms with Crippen LogP contribution in [0.4, 0.5) is 11.4 Å². The molecule has 3 N–H and O–H groups in total. The first-order chi connectivity index (χ1) is 14.4. The van der Waals surface area contributed by atoms with E-state index in [9.17, 15) is 8.42 Å². The molecule has 0 aliphatic heterocycles. The number of anilines is 2.